The topological polar surface area (TPSA) is 47.0 Å². The molecule has 0 aliphatic carbocycles. The first kappa shape index (κ1) is 10.2. The Balaban J connectivity index is 2.57. The maximum Gasteiger partial charge on any atom is 0.151 e. The van der Waals surface area contributed by atoms with E-state index in [0.29, 0.717) is 11.1 Å². The highest BCUT2D eigenvalue weighted by molar-refractivity contribution is 5.88. The van der Waals surface area contributed by atoms with Crippen molar-refractivity contribution >= 4 is 12.6 Å². The monoisotopic (exact) mass is 211 g/mol. The molecular weight excluding hydrogens is 202 g/mol. The first-order chi connectivity index (χ1) is 7.85. The summed E-state index contributed by atoms with van der Waals surface area (Å²) in [6, 6.07) is 8.91. The molecule has 0 amide bonds. The Bertz CT molecular complexity index is 535. The molecule has 3 heteroatoms. The predicted octanol–water partition coefficient (Wildman–Crippen LogP) is 2.37. The van der Waals surface area contributed by atoms with Gasteiger partial charge in [-0.25, -0.2) is 0 Å². The second-order valence-electron chi connectivity index (χ2n) is 3.33. The molecule has 2 aromatic rings. The minimum absolute atomic E-state index is 0.498. The van der Waals surface area contributed by atoms with Crippen molar-refractivity contribution < 1.29 is 9.59 Å². The molecule has 2 rings (SSSR count). The molecule has 0 saturated heterocycles. The van der Waals surface area contributed by atoms with Gasteiger partial charge < -0.3 is 0 Å². The molecule has 0 bridgehead atoms. The summed E-state index contributed by atoms with van der Waals surface area (Å²) >= 11 is 0. The van der Waals surface area contributed by atoms with Gasteiger partial charge in [0.15, 0.2) is 12.6 Å². The van der Waals surface area contributed by atoms with Gasteiger partial charge in [-0.05, 0) is 11.6 Å². The summed E-state index contributed by atoms with van der Waals surface area (Å²) in [6.45, 7) is 0. The second kappa shape index (κ2) is 4.49. The molecule has 16 heavy (non-hydrogen) atoms. The number of carbonyl (C=O) groups excluding carboxylic acids is 2. The molecule has 0 unspecified atom stereocenters. The lowest BCUT2D eigenvalue weighted by Gasteiger charge is -2.04. The van der Waals surface area contributed by atoms with Gasteiger partial charge in [0.2, 0.25) is 0 Å². The zero-order valence-corrected chi connectivity index (χ0v) is 8.46. The van der Waals surface area contributed by atoms with Crippen LogP contribution >= 0.6 is 0 Å². The van der Waals surface area contributed by atoms with Crippen LogP contribution in [0.1, 0.15) is 20.7 Å². The van der Waals surface area contributed by atoms with Crippen LogP contribution in [0.5, 0.6) is 0 Å². The van der Waals surface area contributed by atoms with Crippen molar-refractivity contribution in [3.8, 4) is 11.1 Å². The average molecular weight is 211 g/mol. The van der Waals surface area contributed by atoms with Crippen molar-refractivity contribution in [2.45, 2.75) is 0 Å². The third kappa shape index (κ3) is 1.88. The van der Waals surface area contributed by atoms with Gasteiger partial charge in [-0.15, -0.1) is 0 Å². The number of aromatic nitrogens is 1. The quantitative estimate of drug-likeness (QED) is 0.732. The molecule has 1 aromatic carbocycles. The predicted molar refractivity (Wildman–Crippen MR) is 60.4 cm³/mol. The molecule has 0 aliphatic heterocycles. The van der Waals surface area contributed by atoms with E-state index in [-0.39, 0.29) is 0 Å². The summed E-state index contributed by atoms with van der Waals surface area (Å²) in [5.41, 5.74) is 2.64. The molecule has 0 N–H and O–H groups in total. The first-order valence-corrected chi connectivity index (χ1v) is 4.80. The van der Waals surface area contributed by atoms with Crippen molar-refractivity contribution in [2.75, 3.05) is 0 Å². The molecule has 1 aromatic heterocycles. The summed E-state index contributed by atoms with van der Waals surface area (Å²) in [5, 5.41) is 0. The van der Waals surface area contributed by atoms with E-state index >= 15 is 0 Å². The van der Waals surface area contributed by atoms with Crippen molar-refractivity contribution in [2.24, 2.45) is 0 Å². The summed E-state index contributed by atoms with van der Waals surface area (Å²) in [4.78, 5) is 25.5. The van der Waals surface area contributed by atoms with Crippen LogP contribution in [-0.2, 0) is 0 Å². The number of hydrogen-bond donors (Lipinski definition) is 0. The molecule has 1 heterocycles. The lowest BCUT2D eigenvalue weighted by Crippen LogP contribution is -1.89. The number of aldehydes is 2. The Kier molecular flexibility index (Phi) is 2.87. The van der Waals surface area contributed by atoms with Gasteiger partial charge in [0.1, 0.15) is 0 Å². The largest absolute Gasteiger partial charge is 0.298 e. The molecule has 0 saturated carbocycles. The van der Waals surface area contributed by atoms with Gasteiger partial charge in [0.05, 0.1) is 0 Å². The normalized spacial score (nSPS) is 9.75. The summed E-state index contributed by atoms with van der Waals surface area (Å²) in [7, 11) is 0. The Morgan fingerprint density at radius 1 is 1.00 bits per heavy atom. The zero-order valence-electron chi connectivity index (χ0n) is 8.46. The summed E-state index contributed by atoms with van der Waals surface area (Å²) in [6.07, 6.45) is 4.65. The lowest BCUT2D eigenvalue weighted by atomic mass is 10.0. The molecule has 3 nitrogen and oxygen atoms in total. The van der Waals surface area contributed by atoms with E-state index in [1.807, 2.05) is 12.1 Å². The highest BCUT2D eigenvalue weighted by atomic mass is 16.1. The fourth-order valence-electron chi connectivity index (χ4n) is 1.53. The number of rotatable bonds is 3. The lowest BCUT2D eigenvalue weighted by molar-refractivity contribution is 0.111. The van der Waals surface area contributed by atoms with Crippen molar-refractivity contribution in [3.63, 3.8) is 0 Å². The van der Waals surface area contributed by atoms with Crippen molar-refractivity contribution in [3.05, 3.63) is 53.9 Å². The van der Waals surface area contributed by atoms with E-state index in [1.165, 1.54) is 6.20 Å². The highest BCUT2D eigenvalue weighted by Gasteiger charge is 2.04. The average Bonchev–Trinajstić information content (AvgIpc) is 2.38. The van der Waals surface area contributed by atoms with Crippen LogP contribution in [-0.4, -0.2) is 17.6 Å². The van der Waals surface area contributed by atoms with Crippen LogP contribution in [0.15, 0.2) is 42.7 Å². The molecular formula is C13H9NO2. The summed E-state index contributed by atoms with van der Waals surface area (Å²) in [5.74, 6) is 0. The van der Waals surface area contributed by atoms with Gasteiger partial charge >= 0.3 is 0 Å². The maximum absolute atomic E-state index is 10.9. The van der Waals surface area contributed by atoms with Gasteiger partial charge in [-0.3, -0.25) is 14.6 Å². The molecule has 0 radical (unpaired) electrons. The standard InChI is InChI=1S/C13H9NO2/c15-8-10-5-12(7-14-6-10)13-4-2-1-3-11(13)9-16/h1-9H. The number of benzene rings is 1. The number of pyridine rings is 1. The third-order valence-corrected chi connectivity index (χ3v) is 2.29. The van der Waals surface area contributed by atoms with Gasteiger partial charge in [-0.1, -0.05) is 24.3 Å². The van der Waals surface area contributed by atoms with E-state index in [4.69, 9.17) is 0 Å². The fourth-order valence-corrected chi connectivity index (χ4v) is 1.53. The molecule has 0 atom stereocenters. The second-order valence-corrected chi connectivity index (χ2v) is 3.33. The Labute approximate surface area is 92.8 Å². The number of carbonyl (C=O) groups is 2. The van der Waals surface area contributed by atoms with Crippen LogP contribution in [0.25, 0.3) is 11.1 Å². The third-order valence-electron chi connectivity index (χ3n) is 2.29. The van der Waals surface area contributed by atoms with E-state index in [0.717, 1.165) is 23.7 Å². The Morgan fingerprint density at radius 2 is 1.81 bits per heavy atom. The molecule has 78 valence electrons. The van der Waals surface area contributed by atoms with Gasteiger partial charge in [-0.2, -0.15) is 0 Å². The van der Waals surface area contributed by atoms with Crippen LogP contribution in [0.4, 0.5) is 0 Å². The van der Waals surface area contributed by atoms with Gasteiger partial charge in [0.25, 0.3) is 0 Å². The molecule has 0 spiro atoms. The van der Waals surface area contributed by atoms with Crippen LogP contribution in [0, 0.1) is 0 Å². The van der Waals surface area contributed by atoms with Gasteiger partial charge in [0, 0.05) is 29.1 Å². The minimum atomic E-state index is 0.498. The molecule has 0 fully saturated rings. The van der Waals surface area contributed by atoms with E-state index in [9.17, 15) is 9.59 Å². The smallest absolute Gasteiger partial charge is 0.151 e. The van der Waals surface area contributed by atoms with Crippen LogP contribution < -0.4 is 0 Å². The van der Waals surface area contributed by atoms with E-state index in [2.05, 4.69) is 4.98 Å². The fraction of sp³-hybridized carbons (Fsp3) is 0. The zero-order chi connectivity index (χ0) is 11.4. The number of nitrogens with zero attached hydrogens (tertiary/aromatic N) is 1. The highest BCUT2D eigenvalue weighted by Crippen LogP contribution is 2.22. The maximum atomic E-state index is 10.9. The van der Waals surface area contributed by atoms with Crippen LogP contribution in [0.3, 0.4) is 0 Å². The number of hydrogen-bond acceptors (Lipinski definition) is 3. The van der Waals surface area contributed by atoms with Crippen molar-refractivity contribution in [1.82, 2.24) is 4.98 Å². The SMILES string of the molecule is O=Cc1cncc(-c2ccccc2C=O)c1. The molecule has 0 aliphatic rings. The summed E-state index contributed by atoms with van der Waals surface area (Å²) < 4.78 is 0. The Morgan fingerprint density at radius 3 is 2.56 bits per heavy atom. The Hall–Kier alpha value is -2.29. The van der Waals surface area contributed by atoms with E-state index in [1.54, 1.807) is 24.4 Å². The first-order valence-electron chi connectivity index (χ1n) is 4.80. The van der Waals surface area contributed by atoms with E-state index < -0.39 is 0 Å². The van der Waals surface area contributed by atoms with Crippen molar-refractivity contribution in [1.29, 1.82) is 0 Å². The minimum Gasteiger partial charge on any atom is -0.298 e. The van der Waals surface area contributed by atoms with Crippen LogP contribution in [0.2, 0.25) is 0 Å².